The number of fused-ring (bicyclic) bond motifs is 1. The van der Waals surface area contributed by atoms with Gasteiger partial charge >= 0.3 is 0 Å². The monoisotopic (exact) mass is 485 g/mol. The zero-order valence-corrected chi connectivity index (χ0v) is 20.6. The third kappa shape index (κ3) is 6.50. The molecule has 1 aromatic heterocycles. The number of alkyl halides is 1. The van der Waals surface area contributed by atoms with Crippen molar-refractivity contribution >= 4 is 28.6 Å². The van der Waals surface area contributed by atoms with Crippen LogP contribution in [0, 0.1) is 17.2 Å². The van der Waals surface area contributed by atoms with Gasteiger partial charge in [-0.1, -0.05) is 6.07 Å². The highest BCUT2D eigenvalue weighted by atomic mass is 19.1. The van der Waals surface area contributed by atoms with E-state index in [4.69, 9.17) is 4.74 Å². The number of hydrogen-bond donors (Lipinski definition) is 4. The van der Waals surface area contributed by atoms with Crippen molar-refractivity contribution in [1.29, 1.82) is 5.26 Å². The van der Waals surface area contributed by atoms with E-state index in [1.807, 2.05) is 19.9 Å². The Kier molecular flexibility index (Phi) is 7.38. The van der Waals surface area contributed by atoms with Gasteiger partial charge < -0.3 is 25.7 Å². The highest BCUT2D eigenvalue weighted by Gasteiger charge is 2.39. The minimum absolute atomic E-state index is 0.124. The van der Waals surface area contributed by atoms with Crippen molar-refractivity contribution in [2.45, 2.75) is 70.2 Å². The molecule has 10 heteroatoms. The number of nitriles is 1. The van der Waals surface area contributed by atoms with Gasteiger partial charge in [0.2, 0.25) is 11.8 Å². The number of ether oxygens (including phenoxy) is 1. The topological polar surface area (TPSA) is 136 Å². The quantitative estimate of drug-likeness (QED) is 0.433. The number of aromatic nitrogens is 1. The molecule has 1 aromatic carbocycles. The van der Waals surface area contributed by atoms with Crippen molar-refractivity contribution in [3.05, 3.63) is 30.0 Å². The molecule has 3 atom stereocenters. The van der Waals surface area contributed by atoms with Crippen molar-refractivity contribution in [2.24, 2.45) is 5.92 Å². The predicted molar refractivity (Wildman–Crippen MR) is 128 cm³/mol. The largest absolute Gasteiger partial charge is 0.496 e. The molecule has 3 rings (SSSR count). The van der Waals surface area contributed by atoms with Crippen LogP contribution < -0.4 is 20.7 Å². The summed E-state index contributed by atoms with van der Waals surface area (Å²) in [7, 11) is 1.52. The van der Waals surface area contributed by atoms with Crippen LogP contribution in [0.15, 0.2) is 24.3 Å². The van der Waals surface area contributed by atoms with Crippen molar-refractivity contribution in [1.82, 2.24) is 20.9 Å². The normalized spacial score (nSPS) is 18.9. The molecule has 1 aliphatic heterocycles. The number of rotatable bonds is 9. The van der Waals surface area contributed by atoms with Crippen LogP contribution in [0.4, 0.5) is 4.39 Å². The maximum atomic E-state index is 14.5. The SMILES string of the molecule is COc1cccc2[nH]c(C(=O)NC(CC(C)(C)F)C(=O)NC(C#N)CC3CC(C)(C)NC3=O)cc12. The number of amides is 3. The van der Waals surface area contributed by atoms with Gasteiger partial charge in [0.05, 0.1) is 13.2 Å². The van der Waals surface area contributed by atoms with E-state index in [0.29, 0.717) is 23.1 Å². The molecule has 0 saturated carbocycles. The van der Waals surface area contributed by atoms with E-state index >= 15 is 0 Å². The third-order valence-electron chi connectivity index (χ3n) is 5.98. The highest BCUT2D eigenvalue weighted by molar-refractivity contribution is 6.01. The number of nitrogens with zero attached hydrogens (tertiary/aromatic N) is 1. The Morgan fingerprint density at radius 3 is 2.63 bits per heavy atom. The van der Waals surface area contributed by atoms with Crippen molar-refractivity contribution in [3.63, 3.8) is 0 Å². The van der Waals surface area contributed by atoms with E-state index in [2.05, 4.69) is 20.9 Å². The number of H-pyrrole nitrogens is 1. The van der Waals surface area contributed by atoms with Crippen LogP contribution >= 0.6 is 0 Å². The number of carbonyl (C=O) groups is 3. The van der Waals surface area contributed by atoms with Gasteiger partial charge in [-0.05, 0) is 58.7 Å². The molecule has 2 aromatic rings. The standard InChI is InChI=1S/C25H32FN5O4/c1-24(2,26)12-19(23(34)28-15(13-27)9-14-11-25(3,4)31-21(14)32)30-22(33)18-10-16-17(29-18)7-6-8-20(16)35-5/h6-8,10,14-15,19,29H,9,11-12H2,1-5H3,(H,28,34)(H,30,33)(H,31,32). The van der Waals surface area contributed by atoms with Crippen molar-refractivity contribution < 1.29 is 23.5 Å². The first-order valence-corrected chi connectivity index (χ1v) is 11.5. The summed E-state index contributed by atoms with van der Waals surface area (Å²) in [4.78, 5) is 41.2. The number of hydrogen-bond acceptors (Lipinski definition) is 5. The number of benzene rings is 1. The molecule has 0 radical (unpaired) electrons. The summed E-state index contributed by atoms with van der Waals surface area (Å²) in [6.07, 6.45) is 0.351. The second-order valence-corrected chi connectivity index (χ2v) is 10.3. The second kappa shape index (κ2) is 9.94. The second-order valence-electron chi connectivity index (χ2n) is 10.3. The van der Waals surface area contributed by atoms with Crippen LogP contribution in [0.5, 0.6) is 5.75 Å². The fraction of sp³-hybridized carbons (Fsp3) is 0.520. The van der Waals surface area contributed by atoms with E-state index in [-0.39, 0.29) is 30.0 Å². The van der Waals surface area contributed by atoms with Gasteiger partial charge in [0.1, 0.15) is 29.2 Å². The zero-order chi connectivity index (χ0) is 26.0. The molecular weight excluding hydrogens is 453 g/mol. The average Bonchev–Trinajstić information content (AvgIpc) is 3.31. The number of aromatic amines is 1. The van der Waals surface area contributed by atoms with Crippen LogP contribution in [-0.2, 0) is 9.59 Å². The molecule has 1 fully saturated rings. The van der Waals surface area contributed by atoms with Crippen LogP contribution in [0.3, 0.4) is 0 Å². The molecule has 0 spiro atoms. The summed E-state index contributed by atoms with van der Waals surface area (Å²) in [5, 5.41) is 18.3. The molecule has 3 amide bonds. The summed E-state index contributed by atoms with van der Waals surface area (Å²) >= 11 is 0. The van der Waals surface area contributed by atoms with Gasteiger partial charge in [0.25, 0.3) is 5.91 Å². The van der Waals surface area contributed by atoms with Crippen molar-refractivity contribution in [3.8, 4) is 11.8 Å². The number of nitrogens with one attached hydrogen (secondary N) is 4. The molecule has 0 aliphatic carbocycles. The Hall–Kier alpha value is -3.61. The van der Waals surface area contributed by atoms with Gasteiger partial charge in [0, 0.05) is 28.8 Å². The van der Waals surface area contributed by atoms with E-state index < -0.39 is 35.5 Å². The van der Waals surface area contributed by atoms with Gasteiger partial charge in [-0.3, -0.25) is 14.4 Å². The lowest BCUT2D eigenvalue weighted by Gasteiger charge is -2.25. The van der Waals surface area contributed by atoms with Crippen LogP contribution in [0.25, 0.3) is 10.9 Å². The predicted octanol–water partition coefficient (Wildman–Crippen LogP) is 2.73. The maximum Gasteiger partial charge on any atom is 0.268 e. The summed E-state index contributed by atoms with van der Waals surface area (Å²) in [6, 6.07) is 6.70. The Labute approximate surface area is 203 Å². The van der Waals surface area contributed by atoms with Crippen molar-refractivity contribution in [2.75, 3.05) is 7.11 Å². The van der Waals surface area contributed by atoms with Gasteiger partial charge in [0.15, 0.2) is 0 Å². The lowest BCUT2D eigenvalue weighted by atomic mass is 9.91. The fourth-order valence-corrected chi connectivity index (χ4v) is 4.44. The molecule has 188 valence electrons. The minimum Gasteiger partial charge on any atom is -0.496 e. The van der Waals surface area contributed by atoms with Gasteiger partial charge in [-0.15, -0.1) is 0 Å². The first-order chi connectivity index (χ1) is 16.3. The van der Waals surface area contributed by atoms with E-state index in [1.165, 1.54) is 21.0 Å². The summed E-state index contributed by atoms with van der Waals surface area (Å²) < 4.78 is 19.8. The molecule has 2 heterocycles. The van der Waals surface area contributed by atoms with Crippen LogP contribution in [0.1, 0.15) is 57.4 Å². The molecule has 35 heavy (non-hydrogen) atoms. The summed E-state index contributed by atoms with van der Waals surface area (Å²) in [5.41, 5.74) is -1.30. The Morgan fingerprint density at radius 1 is 1.34 bits per heavy atom. The zero-order valence-electron chi connectivity index (χ0n) is 20.6. The number of halogens is 1. The fourth-order valence-electron chi connectivity index (χ4n) is 4.44. The smallest absolute Gasteiger partial charge is 0.268 e. The lowest BCUT2D eigenvalue weighted by molar-refractivity contribution is -0.126. The number of methoxy groups -OCH3 is 1. The summed E-state index contributed by atoms with van der Waals surface area (Å²) in [6.45, 7) is 6.39. The molecular formula is C25H32FN5O4. The van der Waals surface area contributed by atoms with E-state index in [1.54, 1.807) is 24.3 Å². The molecule has 9 nitrogen and oxygen atoms in total. The molecule has 1 saturated heterocycles. The highest BCUT2D eigenvalue weighted by Crippen LogP contribution is 2.28. The van der Waals surface area contributed by atoms with Gasteiger partial charge in [-0.25, -0.2) is 4.39 Å². The molecule has 1 aliphatic rings. The van der Waals surface area contributed by atoms with Crippen LogP contribution in [-0.4, -0.2) is 53.1 Å². The summed E-state index contributed by atoms with van der Waals surface area (Å²) in [5.74, 6) is -1.32. The van der Waals surface area contributed by atoms with Crippen LogP contribution in [0.2, 0.25) is 0 Å². The minimum atomic E-state index is -1.77. The first kappa shape index (κ1) is 26.0. The molecule has 3 unspecified atom stereocenters. The Balaban J connectivity index is 1.74. The third-order valence-corrected chi connectivity index (χ3v) is 5.98. The first-order valence-electron chi connectivity index (χ1n) is 11.5. The van der Waals surface area contributed by atoms with Gasteiger partial charge in [-0.2, -0.15) is 5.26 Å². The number of carbonyl (C=O) groups excluding carboxylic acids is 3. The average molecular weight is 486 g/mol. The lowest BCUT2D eigenvalue weighted by Crippen LogP contribution is -2.51. The Morgan fingerprint density at radius 2 is 2.06 bits per heavy atom. The molecule has 0 bridgehead atoms. The van der Waals surface area contributed by atoms with E-state index in [0.717, 1.165) is 0 Å². The maximum absolute atomic E-state index is 14.5. The Bertz CT molecular complexity index is 1160. The van der Waals surface area contributed by atoms with E-state index in [9.17, 15) is 24.0 Å². The molecule has 4 N–H and O–H groups in total.